The van der Waals surface area contributed by atoms with Gasteiger partial charge in [0, 0.05) is 18.0 Å². The van der Waals surface area contributed by atoms with Crippen LogP contribution in [0.3, 0.4) is 0 Å². The molecule has 0 heterocycles. The van der Waals surface area contributed by atoms with Gasteiger partial charge in [0.05, 0.1) is 11.7 Å². The standard InChI is InChI=1S/C12H25NO2/c1-5-12(15,6-2)8-13-9-7-10(14)11(9,3)4/h9-10,13-15H,5-8H2,1-4H3. The summed E-state index contributed by atoms with van der Waals surface area (Å²) in [6.07, 6.45) is 2.14. The van der Waals surface area contributed by atoms with Crippen molar-refractivity contribution in [2.75, 3.05) is 6.54 Å². The molecule has 0 bridgehead atoms. The number of nitrogens with one attached hydrogen (secondary N) is 1. The van der Waals surface area contributed by atoms with Crippen LogP contribution in [0.25, 0.3) is 0 Å². The van der Waals surface area contributed by atoms with Gasteiger partial charge in [-0.2, -0.15) is 0 Å². The maximum atomic E-state index is 10.1. The summed E-state index contributed by atoms with van der Waals surface area (Å²) in [6.45, 7) is 8.77. The maximum Gasteiger partial charge on any atom is 0.0766 e. The van der Waals surface area contributed by atoms with Crippen molar-refractivity contribution in [2.45, 2.75) is 64.7 Å². The van der Waals surface area contributed by atoms with E-state index in [9.17, 15) is 10.2 Å². The van der Waals surface area contributed by atoms with E-state index in [0.717, 1.165) is 19.3 Å². The summed E-state index contributed by atoms with van der Waals surface area (Å²) in [7, 11) is 0. The average molecular weight is 215 g/mol. The van der Waals surface area contributed by atoms with Gasteiger partial charge in [-0.25, -0.2) is 0 Å². The molecule has 0 radical (unpaired) electrons. The summed E-state index contributed by atoms with van der Waals surface area (Å²) < 4.78 is 0. The monoisotopic (exact) mass is 215 g/mol. The predicted octanol–water partition coefficient (Wildman–Crippen LogP) is 1.29. The molecule has 15 heavy (non-hydrogen) atoms. The number of aliphatic hydroxyl groups excluding tert-OH is 1. The van der Waals surface area contributed by atoms with E-state index in [0.29, 0.717) is 12.6 Å². The summed E-state index contributed by atoms with van der Waals surface area (Å²) in [5, 5.41) is 23.1. The summed E-state index contributed by atoms with van der Waals surface area (Å²) >= 11 is 0. The van der Waals surface area contributed by atoms with Gasteiger partial charge in [-0.3, -0.25) is 0 Å². The fourth-order valence-electron chi connectivity index (χ4n) is 2.06. The van der Waals surface area contributed by atoms with Crippen LogP contribution in [0.5, 0.6) is 0 Å². The topological polar surface area (TPSA) is 52.5 Å². The fourth-order valence-corrected chi connectivity index (χ4v) is 2.06. The third kappa shape index (κ3) is 2.52. The molecule has 2 unspecified atom stereocenters. The lowest BCUT2D eigenvalue weighted by Gasteiger charge is -2.50. The minimum Gasteiger partial charge on any atom is -0.392 e. The first-order valence-corrected chi connectivity index (χ1v) is 5.99. The number of rotatable bonds is 5. The maximum absolute atomic E-state index is 10.1. The largest absolute Gasteiger partial charge is 0.392 e. The normalized spacial score (nSPS) is 30.0. The van der Waals surface area contributed by atoms with Crippen molar-refractivity contribution in [1.82, 2.24) is 5.32 Å². The Hall–Kier alpha value is -0.120. The molecular formula is C12H25NO2. The summed E-state index contributed by atoms with van der Waals surface area (Å²) in [5.41, 5.74) is -0.640. The first-order chi connectivity index (χ1) is 6.85. The van der Waals surface area contributed by atoms with Gasteiger partial charge in [0.1, 0.15) is 0 Å². The number of aliphatic hydroxyl groups is 2. The third-order valence-electron chi connectivity index (χ3n) is 4.21. The SMILES string of the molecule is CCC(O)(CC)CNC1CC(O)C1(C)C. The van der Waals surface area contributed by atoms with Crippen LogP contribution in [-0.4, -0.2) is 34.5 Å². The van der Waals surface area contributed by atoms with Gasteiger partial charge in [0.2, 0.25) is 0 Å². The second kappa shape index (κ2) is 4.40. The predicted molar refractivity (Wildman–Crippen MR) is 61.7 cm³/mol. The van der Waals surface area contributed by atoms with Crippen LogP contribution in [0.4, 0.5) is 0 Å². The zero-order chi connectivity index (χ0) is 11.7. The molecule has 0 aromatic rings. The van der Waals surface area contributed by atoms with Gasteiger partial charge < -0.3 is 15.5 Å². The van der Waals surface area contributed by atoms with Gasteiger partial charge in [-0.1, -0.05) is 27.7 Å². The van der Waals surface area contributed by atoms with E-state index in [2.05, 4.69) is 19.2 Å². The van der Waals surface area contributed by atoms with Gasteiger partial charge in [0.15, 0.2) is 0 Å². The zero-order valence-electron chi connectivity index (χ0n) is 10.4. The molecule has 2 atom stereocenters. The summed E-state index contributed by atoms with van der Waals surface area (Å²) in [5.74, 6) is 0. The molecule has 1 fully saturated rings. The van der Waals surface area contributed by atoms with E-state index >= 15 is 0 Å². The molecule has 1 rings (SSSR count). The molecule has 1 aliphatic rings. The first kappa shape index (κ1) is 12.9. The van der Waals surface area contributed by atoms with Crippen LogP contribution in [0, 0.1) is 5.41 Å². The molecule has 3 heteroatoms. The van der Waals surface area contributed by atoms with Crippen LogP contribution in [0.1, 0.15) is 47.0 Å². The second-order valence-corrected chi connectivity index (χ2v) is 5.44. The van der Waals surface area contributed by atoms with Gasteiger partial charge in [-0.15, -0.1) is 0 Å². The highest BCUT2D eigenvalue weighted by Crippen LogP contribution is 2.40. The Balaban J connectivity index is 2.39. The molecule has 90 valence electrons. The van der Waals surface area contributed by atoms with E-state index < -0.39 is 5.60 Å². The van der Waals surface area contributed by atoms with Gasteiger partial charge >= 0.3 is 0 Å². The van der Waals surface area contributed by atoms with Crippen molar-refractivity contribution < 1.29 is 10.2 Å². The van der Waals surface area contributed by atoms with Crippen LogP contribution >= 0.6 is 0 Å². The van der Waals surface area contributed by atoms with Crippen molar-refractivity contribution in [3.05, 3.63) is 0 Å². The zero-order valence-corrected chi connectivity index (χ0v) is 10.4. The molecule has 0 saturated heterocycles. The average Bonchev–Trinajstić information content (AvgIpc) is 2.23. The summed E-state index contributed by atoms with van der Waals surface area (Å²) in [4.78, 5) is 0. The highest BCUT2D eigenvalue weighted by atomic mass is 16.3. The minimum absolute atomic E-state index is 0.0532. The molecule has 3 N–H and O–H groups in total. The lowest BCUT2D eigenvalue weighted by atomic mass is 9.64. The van der Waals surface area contributed by atoms with Crippen LogP contribution in [-0.2, 0) is 0 Å². The molecule has 0 spiro atoms. The van der Waals surface area contributed by atoms with E-state index in [4.69, 9.17) is 0 Å². The number of hydrogen-bond acceptors (Lipinski definition) is 3. The Kier molecular flexibility index (Phi) is 3.80. The lowest BCUT2D eigenvalue weighted by Crippen LogP contribution is -2.62. The Morgan fingerprint density at radius 1 is 1.33 bits per heavy atom. The molecular weight excluding hydrogens is 190 g/mol. The molecule has 0 aromatic carbocycles. The highest BCUT2D eigenvalue weighted by Gasteiger charge is 2.47. The van der Waals surface area contributed by atoms with Crippen molar-refractivity contribution in [3.63, 3.8) is 0 Å². The van der Waals surface area contributed by atoms with Gasteiger partial charge in [-0.05, 0) is 19.3 Å². The molecule has 3 nitrogen and oxygen atoms in total. The van der Waals surface area contributed by atoms with Crippen molar-refractivity contribution >= 4 is 0 Å². The first-order valence-electron chi connectivity index (χ1n) is 5.99. The third-order valence-corrected chi connectivity index (χ3v) is 4.21. The lowest BCUT2D eigenvalue weighted by molar-refractivity contribution is -0.0807. The second-order valence-electron chi connectivity index (χ2n) is 5.44. The molecule has 0 aliphatic heterocycles. The highest BCUT2D eigenvalue weighted by molar-refractivity contribution is 5.02. The van der Waals surface area contributed by atoms with Crippen molar-refractivity contribution in [2.24, 2.45) is 5.41 Å². The smallest absolute Gasteiger partial charge is 0.0766 e. The van der Waals surface area contributed by atoms with Crippen LogP contribution < -0.4 is 5.32 Å². The summed E-state index contributed by atoms with van der Waals surface area (Å²) in [6, 6.07) is 0.331. The molecule has 0 aromatic heterocycles. The van der Waals surface area contributed by atoms with Crippen molar-refractivity contribution in [1.29, 1.82) is 0 Å². The van der Waals surface area contributed by atoms with E-state index in [-0.39, 0.29) is 11.5 Å². The van der Waals surface area contributed by atoms with E-state index in [1.165, 1.54) is 0 Å². The van der Waals surface area contributed by atoms with Gasteiger partial charge in [0.25, 0.3) is 0 Å². The van der Waals surface area contributed by atoms with E-state index in [1.54, 1.807) is 0 Å². The quantitative estimate of drug-likeness (QED) is 0.647. The molecule has 1 aliphatic carbocycles. The van der Waals surface area contributed by atoms with Crippen LogP contribution in [0.15, 0.2) is 0 Å². The van der Waals surface area contributed by atoms with Crippen molar-refractivity contribution in [3.8, 4) is 0 Å². The van der Waals surface area contributed by atoms with Crippen LogP contribution in [0.2, 0.25) is 0 Å². The molecule has 1 saturated carbocycles. The minimum atomic E-state index is -0.587. The Morgan fingerprint density at radius 3 is 2.20 bits per heavy atom. The Bertz CT molecular complexity index is 212. The molecule has 0 amide bonds. The Morgan fingerprint density at radius 2 is 1.87 bits per heavy atom. The van der Waals surface area contributed by atoms with E-state index in [1.807, 2.05) is 13.8 Å². The number of hydrogen-bond donors (Lipinski definition) is 3. The fraction of sp³-hybridized carbons (Fsp3) is 1.00. The Labute approximate surface area is 92.9 Å².